The fraction of sp³-hybridized carbons (Fsp3) is 0.348. The number of hydrogen-bond donors (Lipinski definition) is 2. The lowest BCUT2D eigenvalue weighted by molar-refractivity contribution is -0.127. The van der Waals surface area contributed by atoms with Gasteiger partial charge < -0.3 is 14.9 Å². The Hall–Kier alpha value is -3.35. The normalized spacial score (nSPS) is 16.5. The zero-order chi connectivity index (χ0) is 21.4. The second-order valence-electron chi connectivity index (χ2n) is 7.85. The van der Waals surface area contributed by atoms with E-state index in [1.54, 1.807) is 0 Å². The van der Waals surface area contributed by atoms with Gasteiger partial charge in [0, 0.05) is 47.0 Å². The van der Waals surface area contributed by atoms with Gasteiger partial charge in [-0.05, 0) is 38.0 Å². The summed E-state index contributed by atoms with van der Waals surface area (Å²) in [5, 5.41) is 3.76. The molecular formula is C23H26N4O3. The van der Waals surface area contributed by atoms with Crippen LogP contribution in [-0.4, -0.2) is 44.8 Å². The van der Waals surface area contributed by atoms with Gasteiger partial charge in [-0.1, -0.05) is 25.1 Å². The topological polar surface area (TPSA) is 87.2 Å². The number of urea groups is 1. The van der Waals surface area contributed by atoms with Gasteiger partial charge in [0.1, 0.15) is 6.04 Å². The van der Waals surface area contributed by atoms with E-state index in [4.69, 9.17) is 0 Å². The summed E-state index contributed by atoms with van der Waals surface area (Å²) in [5.41, 5.74) is 4.40. The minimum Gasteiger partial charge on any atom is -0.361 e. The van der Waals surface area contributed by atoms with Crippen molar-refractivity contribution in [2.75, 3.05) is 6.54 Å². The molecular weight excluding hydrogens is 380 g/mol. The SMILES string of the molecule is CCCn1c(C)cc(C(=O)CN2C(=O)N[C@H](Cc3c[nH]c4ccccc34)C2=O)c1C. The van der Waals surface area contributed by atoms with Crippen molar-refractivity contribution in [1.82, 2.24) is 19.8 Å². The molecule has 3 heterocycles. The number of amides is 3. The van der Waals surface area contributed by atoms with E-state index < -0.39 is 12.1 Å². The predicted octanol–water partition coefficient (Wildman–Crippen LogP) is 3.34. The van der Waals surface area contributed by atoms with Crippen molar-refractivity contribution in [2.45, 2.75) is 46.2 Å². The van der Waals surface area contributed by atoms with Gasteiger partial charge in [0.2, 0.25) is 0 Å². The van der Waals surface area contributed by atoms with Crippen LogP contribution in [0.4, 0.5) is 4.79 Å². The fourth-order valence-electron chi connectivity index (χ4n) is 4.27. The molecule has 156 valence electrons. The van der Waals surface area contributed by atoms with Gasteiger partial charge >= 0.3 is 6.03 Å². The first kappa shape index (κ1) is 19.9. The van der Waals surface area contributed by atoms with E-state index in [0.717, 1.165) is 45.7 Å². The number of H-pyrrole nitrogens is 1. The molecule has 1 atom stereocenters. The molecule has 0 unspecified atom stereocenters. The van der Waals surface area contributed by atoms with Crippen LogP contribution in [0.5, 0.6) is 0 Å². The van der Waals surface area contributed by atoms with Crippen LogP contribution in [0.15, 0.2) is 36.5 Å². The van der Waals surface area contributed by atoms with E-state index in [-0.39, 0.29) is 18.2 Å². The molecule has 30 heavy (non-hydrogen) atoms. The van der Waals surface area contributed by atoms with Gasteiger partial charge in [-0.3, -0.25) is 14.5 Å². The lowest BCUT2D eigenvalue weighted by atomic mass is 10.0. The van der Waals surface area contributed by atoms with Gasteiger partial charge in [0.05, 0.1) is 6.54 Å². The molecule has 0 saturated carbocycles. The van der Waals surface area contributed by atoms with E-state index in [1.807, 2.05) is 50.4 Å². The molecule has 0 spiro atoms. The number of hydrogen-bond acceptors (Lipinski definition) is 3. The summed E-state index contributed by atoms with van der Waals surface area (Å²) in [7, 11) is 0. The smallest absolute Gasteiger partial charge is 0.325 e. The van der Waals surface area contributed by atoms with Crippen LogP contribution >= 0.6 is 0 Å². The van der Waals surface area contributed by atoms with Gasteiger partial charge in [-0.15, -0.1) is 0 Å². The lowest BCUT2D eigenvalue weighted by Gasteiger charge is -2.13. The lowest BCUT2D eigenvalue weighted by Crippen LogP contribution is -2.36. The molecule has 1 fully saturated rings. The molecule has 0 bridgehead atoms. The Morgan fingerprint density at radius 2 is 1.93 bits per heavy atom. The van der Waals surface area contributed by atoms with E-state index in [2.05, 4.69) is 21.8 Å². The highest BCUT2D eigenvalue weighted by Crippen LogP contribution is 2.22. The summed E-state index contributed by atoms with van der Waals surface area (Å²) in [4.78, 5) is 42.4. The highest BCUT2D eigenvalue weighted by atomic mass is 16.2. The predicted molar refractivity (Wildman–Crippen MR) is 115 cm³/mol. The number of para-hydroxylation sites is 1. The first-order valence-corrected chi connectivity index (χ1v) is 10.3. The minimum absolute atomic E-state index is 0.221. The number of fused-ring (bicyclic) bond motifs is 1. The highest BCUT2D eigenvalue weighted by Gasteiger charge is 2.39. The molecule has 3 amide bonds. The molecule has 1 aliphatic rings. The number of nitrogens with zero attached hydrogens (tertiary/aromatic N) is 2. The monoisotopic (exact) mass is 406 g/mol. The van der Waals surface area contributed by atoms with E-state index in [1.165, 1.54) is 0 Å². The summed E-state index contributed by atoms with van der Waals surface area (Å²) in [6, 6.07) is 8.49. The molecule has 2 aromatic heterocycles. The van der Waals surface area contributed by atoms with Crippen LogP contribution in [0.1, 0.15) is 40.7 Å². The van der Waals surface area contributed by atoms with Crippen LogP contribution < -0.4 is 5.32 Å². The van der Waals surface area contributed by atoms with Crippen molar-refractivity contribution >= 4 is 28.6 Å². The van der Waals surface area contributed by atoms with Gasteiger partial charge in [-0.25, -0.2) is 4.79 Å². The highest BCUT2D eigenvalue weighted by molar-refractivity contribution is 6.09. The quantitative estimate of drug-likeness (QED) is 0.466. The van der Waals surface area contributed by atoms with E-state index in [9.17, 15) is 14.4 Å². The van der Waals surface area contributed by atoms with E-state index in [0.29, 0.717) is 12.0 Å². The maximum Gasteiger partial charge on any atom is 0.325 e. The van der Waals surface area contributed by atoms with Crippen molar-refractivity contribution in [3.05, 3.63) is 59.0 Å². The number of rotatable bonds is 7. The maximum absolute atomic E-state index is 12.9. The first-order chi connectivity index (χ1) is 14.4. The summed E-state index contributed by atoms with van der Waals surface area (Å²) in [6.07, 6.45) is 3.21. The Bertz CT molecular complexity index is 1140. The molecule has 2 N–H and O–H groups in total. The molecule has 3 aromatic rings. The third-order valence-corrected chi connectivity index (χ3v) is 5.83. The summed E-state index contributed by atoms with van der Waals surface area (Å²) >= 11 is 0. The number of nitrogens with one attached hydrogen (secondary N) is 2. The molecule has 0 aliphatic carbocycles. The summed E-state index contributed by atoms with van der Waals surface area (Å²) in [5.74, 6) is -0.581. The first-order valence-electron chi connectivity index (χ1n) is 10.3. The van der Waals surface area contributed by atoms with Crippen molar-refractivity contribution in [1.29, 1.82) is 0 Å². The Morgan fingerprint density at radius 3 is 2.70 bits per heavy atom. The second-order valence-corrected chi connectivity index (χ2v) is 7.85. The van der Waals surface area contributed by atoms with Crippen molar-refractivity contribution < 1.29 is 14.4 Å². The molecule has 1 aliphatic heterocycles. The fourth-order valence-corrected chi connectivity index (χ4v) is 4.27. The number of aromatic nitrogens is 2. The summed E-state index contributed by atoms with van der Waals surface area (Å²) < 4.78 is 2.10. The number of aromatic amines is 1. The summed E-state index contributed by atoms with van der Waals surface area (Å²) in [6.45, 7) is 6.54. The number of benzene rings is 1. The zero-order valence-corrected chi connectivity index (χ0v) is 17.5. The number of aryl methyl sites for hydroxylation is 1. The molecule has 7 nitrogen and oxygen atoms in total. The number of imide groups is 1. The van der Waals surface area contributed by atoms with Crippen molar-refractivity contribution in [3.63, 3.8) is 0 Å². The van der Waals surface area contributed by atoms with Crippen molar-refractivity contribution in [3.8, 4) is 0 Å². The Labute approximate surface area is 175 Å². The van der Waals surface area contributed by atoms with Gasteiger partial charge in [0.15, 0.2) is 5.78 Å². The average Bonchev–Trinajstić information content (AvgIpc) is 3.34. The van der Waals surface area contributed by atoms with Crippen LogP contribution in [0, 0.1) is 13.8 Å². The zero-order valence-electron chi connectivity index (χ0n) is 17.5. The third kappa shape index (κ3) is 3.40. The third-order valence-electron chi connectivity index (χ3n) is 5.83. The number of Topliss-reactive ketones (excluding diaryl/α,β-unsaturated/α-hetero) is 1. The molecule has 1 aromatic carbocycles. The average molecular weight is 406 g/mol. The number of carbonyl (C=O) groups is 3. The van der Waals surface area contributed by atoms with Gasteiger partial charge in [0.25, 0.3) is 5.91 Å². The largest absolute Gasteiger partial charge is 0.361 e. The standard InChI is InChI=1S/C23H26N4O3/c1-4-9-26-14(2)10-18(15(26)3)21(28)13-27-22(29)20(25-23(27)30)11-16-12-24-19-8-6-5-7-17(16)19/h5-8,10,12,20,24H,4,9,11,13H2,1-3H3,(H,25,30)/t20-/m1/s1. The molecule has 1 saturated heterocycles. The Kier molecular flexibility index (Phi) is 5.20. The van der Waals surface area contributed by atoms with Crippen molar-refractivity contribution in [2.24, 2.45) is 0 Å². The number of ketones is 1. The molecule has 7 heteroatoms. The van der Waals surface area contributed by atoms with Crippen LogP contribution in [0.3, 0.4) is 0 Å². The van der Waals surface area contributed by atoms with Gasteiger partial charge in [-0.2, -0.15) is 0 Å². The number of carbonyl (C=O) groups excluding carboxylic acids is 3. The maximum atomic E-state index is 12.9. The Balaban J connectivity index is 1.49. The van der Waals surface area contributed by atoms with E-state index >= 15 is 0 Å². The minimum atomic E-state index is -0.669. The molecule has 0 radical (unpaired) electrons. The molecule has 4 rings (SSSR count). The van der Waals surface area contributed by atoms with Crippen LogP contribution in [-0.2, 0) is 17.8 Å². The van der Waals surface area contributed by atoms with Crippen LogP contribution in [0.25, 0.3) is 10.9 Å². The Morgan fingerprint density at radius 1 is 1.17 bits per heavy atom. The second kappa shape index (κ2) is 7.82. The van der Waals surface area contributed by atoms with Crippen LogP contribution in [0.2, 0.25) is 0 Å².